The molecule has 4 rings (SSSR count). The van der Waals surface area contributed by atoms with E-state index in [0.29, 0.717) is 12.2 Å². The maximum Gasteiger partial charge on any atom is 0.490 e. The zero-order valence-electron chi connectivity index (χ0n) is 19.5. The minimum absolute atomic E-state index is 0.197. The number of aromatic nitrogens is 1. The number of carboxylic acid groups (broad SMARTS) is 1. The number of benzene rings is 1. The van der Waals surface area contributed by atoms with E-state index in [2.05, 4.69) is 9.88 Å². The molecule has 0 bridgehead atoms. The molecule has 2 aliphatic heterocycles. The number of imide groups is 1. The van der Waals surface area contributed by atoms with Gasteiger partial charge in [-0.3, -0.25) is 9.78 Å². The number of hydrogen-bond acceptors (Lipinski definition) is 5. The lowest BCUT2D eigenvalue weighted by Crippen LogP contribution is -2.43. The average Bonchev–Trinajstić information content (AvgIpc) is 2.99. The Labute approximate surface area is 201 Å². The van der Waals surface area contributed by atoms with Crippen molar-refractivity contribution in [2.45, 2.75) is 51.4 Å². The molecule has 2 fully saturated rings. The van der Waals surface area contributed by atoms with Crippen LogP contribution in [0.25, 0.3) is 0 Å². The molecule has 35 heavy (non-hydrogen) atoms. The van der Waals surface area contributed by atoms with Gasteiger partial charge in [0.25, 0.3) is 5.91 Å². The van der Waals surface area contributed by atoms with E-state index in [0.717, 1.165) is 24.3 Å². The number of alkyl halides is 3. The molecule has 0 atom stereocenters. The van der Waals surface area contributed by atoms with Crippen LogP contribution in [0, 0.1) is 0 Å². The summed E-state index contributed by atoms with van der Waals surface area (Å²) in [5.41, 5.74) is 1.83. The molecule has 1 aromatic carbocycles. The predicted octanol–water partition coefficient (Wildman–Crippen LogP) is 4.45. The summed E-state index contributed by atoms with van der Waals surface area (Å²) in [5, 5.41) is 7.12. The summed E-state index contributed by atoms with van der Waals surface area (Å²) >= 11 is 0. The summed E-state index contributed by atoms with van der Waals surface area (Å²) in [6, 6.07) is 11.2. The third-order valence-corrected chi connectivity index (χ3v) is 5.99. The maximum atomic E-state index is 13.1. The number of carbonyl (C=O) groups is 3. The summed E-state index contributed by atoms with van der Waals surface area (Å²) < 4.78 is 31.7. The van der Waals surface area contributed by atoms with Gasteiger partial charge in [-0.2, -0.15) is 13.2 Å². The van der Waals surface area contributed by atoms with Gasteiger partial charge in [0.15, 0.2) is 0 Å². The van der Waals surface area contributed by atoms with Crippen molar-refractivity contribution in [3.8, 4) is 0 Å². The van der Waals surface area contributed by atoms with Crippen molar-refractivity contribution in [3.63, 3.8) is 0 Å². The Hall–Kier alpha value is -3.63. The fourth-order valence-corrected chi connectivity index (χ4v) is 3.96. The van der Waals surface area contributed by atoms with Crippen LogP contribution in [0.15, 0.2) is 48.8 Å². The summed E-state index contributed by atoms with van der Waals surface area (Å²) in [7, 11) is 0. The molecule has 2 aromatic rings. The first-order valence-electron chi connectivity index (χ1n) is 11.1. The lowest BCUT2D eigenvalue weighted by Gasteiger charge is -2.29. The molecule has 188 valence electrons. The molecule has 2 aliphatic rings. The zero-order chi connectivity index (χ0) is 25.8. The van der Waals surface area contributed by atoms with Gasteiger partial charge in [0, 0.05) is 37.7 Å². The highest BCUT2D eigenvalue weighted by atomic mass is 19.4. The fraction of sp³-hybridized carbons (Fsp3) is 0.417. The monoisotopic (exact) mass is 492 g/mol. The molecule has 3 amide bonds. The van der Waals surface area contributed by atoms with Crippen molar-refractivity contribution in [1.82, 2.24) is 9.88 Å². The van der Waals surface area contributed by atoms with Gasteiger partial charge in [-0.05, 0) is 75.1 Å². The van der Waals surface area contributed by atoms with E-state index in [-0.39, 0.29) is 11.9 Å². The van der Waals surface area contributed by atoms with Crippen LogP contribution in [0.5, 0.6) is 0 Å². The highest BCUT2D eigenvalue weighted by Crippen LogP contribution is 2.34. The SMILES string of the molecule is CC1(C)C(=O)N(c2ccc(N3CCCCC3)cc2)C(=O)N1Cc1ccncc1.O=C(O)C(F)(F)F. The van der Waals surface area contributed by atoms with Crippen LogP contribution in [0.2, 0.25) is 0 Å². The van der Waals surface area contributed by atoms with Gasteiger partial charge in [-0.25, -0.2) is 14.5 Å². The van der Waals surface area contributed by atoms with E-state index in [9.17, 15) is 22.8 Å². The molecule has 0 radical (unpaired) electrons. The number of piperidine rings is 1. The molecule has 0 unspecified atom stereocenters. The zero-order valence-corrected chi connectivity index (χ0v) is 19.5. The highest BCUT2D eigenvalue weighted by molar-refractivity contribution is 6.22. The number of aliphatic carboxylic acids is 1. The van der Waals surface area contributed by atoms with Crippen LogP contribution < -0.4 is 9.80 Å². The first-order chi connectivity index (χ1) is 16.4. The number of hydrogen-bond donors (Lipinski definition) is 1. The van der Waals surface area contributed by atoms with E-state index in [1.54, 1.807) is 31.1 Å². The van der Waals surface area contributed by atoms with Crippen molar-refractivity contribution < 1.29 is 32.7 Å². The number of carboxylic acids is 1. The van der Waals surface area contributed by atoms with Gasteiger partial charge in [-0.1, -0.05) is 0 Å². The van der Waals surface area contributed by atoms with E-state index in [1.165, 1.54) is 24.2 Å². The Balaban J connectivity index is 0.000000429. The Morgan fingerprint density at radius 3 is 2.00 bits per heavy atom. The molecule has 11 heteroatoms. The van der Waals surface area contributed by atoms with Gasteiger partial charge < -0.3 is 14.9 Å². The molecular weight excluding hydrogens is 465 g/mol. The molecule has 8 nitrogen and oxygen atoms in total. The van der Waals surface area contributed by atoms with E-state index in [1.807, 2.05) is 36.4 Å². The molecule has 2 saturated heterocycles. The second-order valence-corrected chi connectivity index (χ2v) is 8.79. The fourth-order valence-electron chi connectivity index (χ4n) is 3.96. The quantitative estimate of drug-likeness (QED) is 0.634. The first kappa shape index (κ1) is 26.0. The molecule has 3 heterocycles. The number of halogens is 3. The molecule has 0 spiro atoms. The van der Waals surface area contributed by atoms with Gasteiger partial charge in [0.05, 0.1) is 5.69 Å². The van der Waals surface area contributed by atoms with Crippen molar-refractivity contribution in [2.24, 2.45) is 0 Å². The van der Waals surface area contributed by atoms with Crippen LogP contribution in [-0.2, 0) is 16.1 Å². The Morgan fingerprint density at radius 2 is 1.49 bits per heavy atom. The molecule has 1 aromatic heterocycles. The minimum atomic E-state index is -5.08. The van der Waals surface area contributed by atoms with Crippen molar-refractivity contribution in [2.75, 3.05) is 22.9 Å². The molecule has 0 aliphatic carbocycles. The van der Waals surface area contributed by atoms with E-state index < -0.39 is 17.7 Å². The van der Waals surface area contributed by atoms with Crippen molar-refractivity contribution >= 4 is 29.3 Å². The van der Waals surface area contributed by atoms with E-state index >= 15 is 0 Å². The number of rotatable bonds is 4. The predicted molar refractivity (Wildman–Crippen MR) is 123 cm³/mol. The standard InChI is InChI=1S/C22H26N4O2.C2HF3O2/c1-22(2)20(27)26(21(28)25(22)16-17-10-12-23-13-11-17)19-8-6-18(7-9-19)24-14-4-3-5-15-24;3-2(4,5)1(6)7/h6-13H,3-5,14-16H2,1-2H3;(H,6,7). The number of anilines is 2. The summed E-state index contributed by atoms with van der Waals surface area (Å²) in [6.07, 6.45) is 2.02. The van der Waals surface area contributed by atoms with Gasteiger partial charge in [0.2, 0.25) is 0 Å². The van der Waals surface area contributed by atoms with Gasteiger partial charge in [0.1, 0.15) is 5.54 Å². The highest BCUT2D eigenvalue weighted by Gasteiger charge is 2.51. The number of pyridine rings is 1. The number of carbonyl (C=O) groups excluding carboxylic acids is 2. The van der Waals surface area contributed by atoms with Gasteiger partial charge >= 0.3 is 18.2 Å². The first-order valence-corrected chi connectivity index (χ1v) is 11.1. The van der Waals surface area contributed by atoms with Crippen LogP contribution in [0.3, 0.4) is 0 Å². The topological polar surface area (TPSA) is 94.1 Å². The largest absolute Gasteiger partial charge is 0.490 e. The minimum Gasteiger partial charge on any atom is -0.475 e. The summed E-state index contributed by atoms with van der Waals surface area (Å²) in [4.78, 5) is 44.4. The lowest BCUT2D eigenvalue weighted by atomic mass is 10.0. The summed E-state index contributed by atoms with van der Waals surface area (Å²) in [6.45, 7) is 6.11. The number of urea groups is 1. The lowest BCUT2D eigenvalue weighted by molar-refractivity contribution is -0.192. The Morgan fingerprint density at radius 1 is 0.971 bits per heavy atom. The van der Waals surface area contributed by atoms with Crippen LogP contribution in [0.1, 0.15) is 38.7 Å². The normalized spacial score (nSPS) is 17.8. The molecule has 1 N–H and O–H groups in total. The average molecular weight is 492 g/mol. The second-order valence-electron chi connectivity index (χ2n) is 8.79. The number of nitrogens with zero attached hydrogens (tertiary/aromatic N) is 4. The number of amides is 3. The molecular formula is C24H27F3N4O4. The van der Waals surface area contributed by atoms with Crippen LogP contribution in [-0.4, -0.2) is 57.7 Å². The third kappa shape index (κ3) is 5.90. The van der Waals surface area contributed by atoms with Crippen LogP contribution in [0.4, 0.5) is 29.3 Å². The smallest absolute Gasteiger partial charge is 0.475 e. The molecule has 0 saturated carbocycles. The Kier molecular flexibility index (Phi) is 7.67. The second kappa shape index (κ2) is 10.3. The Bertz CT molecular complexity index is 1050. The van der Waals surface area contributed by atoms with Crippen molar-refractivity contribution in [3.05, 3.63) is 54.4 Å². The van der Waals surface area contributed by atoms with E-state index in [4.69, 9.17) is 9.90 Å². The summed E-state index contributed by atoms with van der Waals surface area (Å²) in [5.74, 6) is -2.95. The van der Waals surface area contributed by atoms with Crippen molar-refractivity contribution in [1.29, 1.82) is 0 Å². The van der Waals surface area contributed by atoms with Crippen LogP contribution >= 0.6 is 0 Å². The maximum absolute atomic E-state index is 13.1. The third-order valence-electron chi connectivity index (χ3n) is 5.99. The van der Waals surface area contributed by atoms with Gasteiger partial charge in [-0.15, -0.1) is 0 Å².